The van der Waals surface area contributed by atoms with Gasteiger partial charge in [-0.1, -0.05) is 6.04 Å². The Kier molecular flexibility index (Phi) is 6.94. The lowest BCUT2D eigenvalue weighted by Crippen LogP contribution is -2.55. The summed E-state index contributed by atoms with van der Waals surface area (Å²) < 4.78 is 19.1. The summed E-state index contributed by atoms with van der Waals surface area (Å²) in [6, 6.07) is 0.805. The van der Waals surface area contributed by atoms with E-state index in [4.69, 9.17) is 13.3 Å². The first kappa shape index (κ1) is 19.7. The third-order valence-electron chi connectivity index (χ3n) is 1.82. The van der Waals surface area contributed by atoms with Crippen LogP contribution in [0.2, 0.25) is 65.0 Å². The predicted molar refractivity (Wildman–Crippen MR) is 91.2 cm³/mol. The van der Waals surface area contributed by atoms with Crippen molar-refractivity contribution < 1.29 is 13.3 Å². The molecule has 3 radical (unpaired) electrons. The summed E-state index contributed by atoms with van der Waals surface area (Å²) in [5.41, 5.74) is 0. The smallest absolute Gasteiger partial charge is 0.254 e. The van der Waals surface area contributed by atoms with E-state index in [9.17, 15) is 0 Å². The molecule has 0 saturated heterocycles. The van der Waals surface area contributed by atoms with Crippen LogP contribution in [0.4, 0.5) is 0 Å². The summed E-state index contributed by atoms with van der Waals surface area (Å²) in [4.78, 5) is 0. The minimum absolute atomic E-state index is 0.725. The first-order chi connectivity index (χ1) is 8.18. The number of rotatable bonds is 8. The average Bonchev–Trinajstić information content (AvgIpc) is 1.90. The van der Waals surface area contributed by atoms with Crippen molar-refractivity contribution in [2.45, 2.75) is 77.4 Å². The highest BCUT2D eigenvalue weighted by Crippen LogP contribution is 2.32. The molecule has 0 aromatic heterocycles. The Balaban J connectivity index is 5.34. The van der Waals surface area contributed by atoms with E-state index < -0.39 is 30.9 Å². The van der Waals surface area contributed by atoms with Crippen molar-refractivity contribution in [3.8, 4) is 0 Å². The molecule has 0 saturated carbocycles. The molecular weight excluding hydrogens is 304 g/mol. The van der Waals surface area contributed by atoms with Crippen LogP contribution in [0, 0.1) is 0 Å². The summed E-state index contributed by atoms with van der Waals surface area (Å²) in [6.45, 7) is 19.6. The SMILES string of the molecule is C[Si](C)(C)OC(CC[Si])(O[Si](C)(C)C)O[Si](C)(C)C. The second-order valence-corrected chi connectivity index (χ2v) is 21.6. The van der Waals surface area contributed by atoms with E-state index in [0.717, 1.165) is 12.5 Å². The van der Waals surface area contributed by atoms with Gasteiger partial charge in [0, 0.05) is 16.7 Å². The maximum absolute atomic E-state index is 6.35. The topological polar surface area (TPSA) is 27.7 Å². The van der Waals surface area contributed by atoms with Crippen molar-refractivity contribution in [1.82, 2.24) is 0 Å². The van der Waals surface area contributed by atoms with E-state index >= 15 is 0 Å². The Morgan fingerprint density at radius 3 is 1.11 bits per heavy atom. The average molecular weight is 336 g/mol. The Morgan fingerprint density at radius 1 is 0.684 bits per heavy atom. The minimum Gasteiger partial charge on any atom is -0.371 e. The Hall–Kier alpha value is 0.748. The molecule has 0 heterocycles. The lowest BCUT2D eigenvalue weighted by molar-refractivity contribution is -0.271. The molecule has 0 atom stereocenters. The second-order valence-electron chi connectivity index (χ2n) is 7.83. The van der Waals surface area contributed by atoms with Gasteiger partial charge in [-0.2, -0.15) is 0 Å². The molecule has 3 nitrogen and oxygen atoms in total. The van der Waals surface area contributed by atoms with Gasteiger partial charge in [-0.15, -0.1) is 0 Å². The third-order valence-corrected chi connectivity index (χ3v) is 4.84. The molecule has 0 fully saturated rings. The summed E-state index contributed by atoms with van der Waals surface area (Å²) in [7, 11) is -1.71. The molecule has 0 aromatic rings. The first-order valence-electron chi connectivity index (χ1n) is 6.93. The molecule has 0 aromatic carbocycles. The Morgan fingerprint density at radius 2 is 0.947 bits per heavy atom. The molecule has 0 bridgehead atoms. The predicted octanol–water partition coefficient (Wildman–Crippen LogP) is 4.17. The molecule has 0 aliphatic heterocycles. The van der Waals surface area contributed by atoms with Crippen molar-refractivity contribution in [2.24, 2.45) is 0 Å². The van der Waals surface area contributed by atoms with Crippen LogP contribution in [0.1, 0.15) is 6.42 Å². The second kappa shape index (κ2) is 6.67. The van der Waals surface area contributed by atoms with Crippen LogP contribution in [0.25, 0.3) is 0 Å². The van der Waals surface area contributed by atoms with Gasteiger partial charge in [0.05, 0.1) is 0 Å². The molecule has 19 heavy (non-hydrogen) atoms. The molecule has 0 amide bonds. The van der Waals surface area contributed by atoms with E-state index in [1.54, 1.807) is 0 Å². The summed E-state index contributed by atoms with van der Waals surface area (Å²) in [5.74, 6) is -0.860. The monoisotopic (exact) mass is 335 g/mol. The zero-order valence-electron chi connectivity index (χ0n) is 14.1. The van der Waals surface area contributed by atoms with Crippen molar-refractivity contribution in [1.29, 1.82) is 0 Å². The fourth-order valence-corrected chi connectivity index (χ4v) is 5.68. The van der Waals surface area contributed by atoms with Crippen LogP contribution in [0.3, 0.4) is 0 Å². The lowest BCUT2D eigenvalue weighted by Gasteiger charge is -2.45. The van der Waals surface area contributed by atoms with Crippen LogP contribution in [0.15, 0.2) is 0 Å². The normalized spacial score (nSPS) is 14.8. The fourth-order valence-electron chi connectivity index (χ4n) is 1.77. The van der Waals surface area contributed by atoms with E-state index in [2.05, 4.69) is 69.2 Å². The van der Waals surface area contributed by atoms with Gasteiger partial charge in [-0.3, -0.25) is 0 Å². The van der Waals surface area contributed by atoms with Gasteiger partial charge in [-0.05, 0) is 58.9 Å². The van der Waals surface area contributed by atoms with Crippen molar-refractivity contribution >= 4 is 35.2 Å². The van der Waals surface area contributed by atoms with Gasteiger partial charge < -0.3 is 13.3 Å². The molecule has 113 valence electrons. The third kappa shape index (κ3) is 10.2. The lowest BCUT2D eigenvalue weighted by atomic mass is 10.4. The van der Waals surface area contributed by atoms with Crippen LogP contribution in [-0.4, -0.2) is 41.2 Å². The molecule has 0 rings (SSSR count). The highest BCUT2D eigenvalue weighted by molar-refractivity contribution is 6.72. The van der Waals surface area contributed by atoms with E-state index in [-0.39, 0.29) is 0 Å². The molecule has 0 unspecified atom stereocenters. The zero-order valence-corrected chi connectivity index (χ0v) is 18.1. The van der Waals surface area contributed by atoms with E-state index in [1.165, 1.54) is 0 Å². The van der Waals surface area contributed by atoms with Gasteiger partial charge in [0.25, 0.3) is 5.97 Å². The highest BCUT2D eigenvalue weighted by atomic mass is 28.4. The van der Waals surface area contributed by atoms with Crippen LogP contribution >= 0.6 is 0 Å². The van der Waals surface area contributed by atoms with Gasteiger partial charge in [0.2, 0.25) is 0 Å². The number of hydrogen-bond acceptors (Lipinski definition) is 3. The van der Waals surface area contributed by atoms with E-state index in [1.807, 2.05) is 0 Å². The maximum Gasteiger partial charge on any atom is 0.254 e. The molecule has 0 N–H and O–H groups in total. The highest BCUT2D eigenvalue weighted by Gasteiger charge is 2.44. The maximum atomic E-state index is 6.35. The Bertz CT molecular complexity index is 235. The molecular formula is C12H31O3Si4. The minimum atomic E-state index is -1.76. The summed E-state index contributed by atoms with van der Waals surface area (Å²) in [5, 5.41) is 0. The van der Waals surface area contributed by atoms with Crippen LogP contribution in [0.5, 0.6) is 0 Å². The quantitative estimate of drug-likeness (QED) is 0.492. The molecule has 0 aliphatic carbocycles. The standard InChI is InChI=1S/C12H31O3Si4/c1-17(2,3)13-12(10-11-16,14-18(4,5)6)15-19(7,8)9/h10-11H2,1-9H3. The summed E-state index contributed by atoms with van der Waals surface area (Å²) >= 11 is 0. The molecule has 0 spiro atoms. The van der Waals surface area contributed by atoms with Crippen LogP contribution < -0.4 is 0 Å². The summed E-state index contributed by atoms with van der Waals surface area (Å²) in [6.07, 6.45) is 0.725. The van der Waals surface area contributed by atoms with Gasteiger partial charge in [0.15, 0.2) is 25.0 Å². The molecule has 0 aliphatic rings. The van der Waals surface area contributed by atoms with Crippen molar-refractivity contribution in [3.63, 3.8) is 0 Å². The molecule has 7 heteroatoms. The Labute approximate surface area is 126 Å². The van der Waals surface area contributed by atoms with Gasteiger partial charge in [-0.25, -0.2) is 0 Å². The fraction of sp³-hybridized carbons (Fsp3) is 1.00. The van der Waals surface area contributed by atoms with Crippen molar-refractivity contribution in [2.75, 3.05) is 0 Å². The van der Waals surface area contributed by atoms with Crippen LogP contribution in [-0.2, 0) is 13.3 Å². The van der Waals surface area contributed by atoms with Crippen molar-refractivity contribution in [3.05, 3.63) is 0 Å². The number of hydrogen-bond donors (Lipinski definition) is 0. The zero-order chi connectivity index (χ0) is 15.5. The van der Waals surface area contributed by atoms with Gasteiger partial charge in [0.1, 0.15) is 0 Å². The van der Waals surface area contributed by atoms with E-state index in [0.29, 0.717) is 0 Å². The first-order valence-corrected chi connectivity index (χ1v) is 17.9. The largest absolute Gasteiger partial charge is 0.371 e. The van der Waals surface area contributed by atoms with Gasteiger partial charge >= 0.3 is 0 Å².